The van der Waals surface area contributed by atoms with Crippen molar-refractivity contribution in [2.24, 2.45) is 0 Å². The second kappa shape index (κ2) is 5.75. The highest BCUT2D eigenvalue weighted by Crippen LogP contribution is 2.20. The molecule has 0 amide bonds. The molecule has 0 bridgehead atoms. The van der Waals surface area contributed by atoms with Crippen LogP contribution in [-0.4, -0.2) is 50.0 Å². The average molecular weight is 313 g/mol. The number of hydrogen-bond donors (Lipinski definition) is 0. The van der Waals surface area contributed by atoms with Gasteiger partial charge in [0.15, 0.2) is 5.69 Å². The quantitative estimate of drug-likeness (QED) is 0.736. The normalized spacial score (nSPS) is 22.7. The molecule has 7 heteroatoms. The number of morpholine rings is 1. The predicted octanol–water partition coefficient (Wildman–Crippen LogP) is 1.99. The number of nitrogens with zero attached hydrogens (tertiary/aromatic N) is 5. The van der Waals surface area contributed by atoms with E-state index in [1.165, 1.54) is 0 Å². The summed E-state index contributed by atoms with van der Waals surface area (Å²) in [7, 11) is 0. The molecule has 4 heterocycles. The van der Waals surface area contributed by atoms with Gasteiger partial charge in [0.1, 0.15) is 0 Å². The molecule has 1 aliphatic heterocycles. The first-order valence-electron chi connectivity index (χ1n) is 7.82. The average Bonchev–Trinajstić information content (AvgIpc) is 3.12. The summed E-state index contributed by atoms with van der Waals surface area (Å²) in [6, 6.07) is 7.84. The lowest BCUT2D eigenvalue weighted by Crippen LogP contribution is -2.44. The van der Waals surface area contributed by atoms with Gasteiger partial charge in [0.25, 0.3) is 5.89 Å². The molecule has 1 fully saturated rings. The van der Waals surface area contributed by atoms with Crippen LogP contribution < -0.4 is 0 Å². The molecule has 0 N–H and O–H groups in total. The molecule has 2 atom stereocenters. The zero-order valence-corrected chi connectivity index (χ0v) is 13.2. The lowest BCUT2D eigenvalue weighted by atomic mass is 10.2. The molecule has 23 heavy (non-hydrogen) atoms. The van der Waals surface area contributed by atoms with E-state index in [1.807, 2.05) is 30.5 Å². The van der Waals surface area contributed by atoms with Gasteiger partial charge in [-0.3, -0.25) is 4.90 Å². The third-order valence-corrected chi connectivity index (χ3v) is 3.91. The van der Waals surface area contributed by atoms with Gasteiger partial charge in [0.2, 0.25) is 5.89 Å². The molecule has 120 valence electrons. The number of aromatic nitrogens is 4. The molecule has 1 aliphatic rings. The Morgan fingerprint density at radius 3 is 2.78 bits per heavy atom. The van der Waals surface area contributed by atoms with Crippen LogP contribution in [0.15, 0.2) is 34.9 Å². The minimum Gasteiger partial charge on any atom is -0.418 e. The van der Waals surface area contributed by atoms with Crippen molar-refractivity contribution < 1.29 is 9.15 Å². The molecular formula is C16H19N5O2. The Bertz CT molecular complexity index is 769. The Hall–Kier alpha value is -2.25. The molecule has 0 aromatic carbocycles. The summed E-state index contributed by atoms with van der Waals surface area (Å²) in [5.74, 6) is 1.07. The van der Waals surface area contributed by atoms with Crippen LogP contribution >= 0.6 is 0 Å². The Balaban J connectivity index is 1.52. The van der Waals surface area contributed by atoms with E-state index in [-0.39, 0.29) is 12.2 Å². The van der Waals surface area contributed by atoms with Gasteiger partial charge in [-0.25, -0.2) is 4.52 Å². The van der Waals surface area contributed by atoms with E-state index >= 15 is 0 Å². The molecule has 1 saturated heterocycles. The maximum Gasteiger partial charge on any atom is 0.268 e. The Labute approximate surface area is 133 Å². The summed E-state index contributed by atoms with van der Waals surface area (Å²) in [4.78, 5) is 2.28. The summed E-state index contributed by atoms with van der Waals surface area (Å²) in [6.07, 6.45) is 2.34. The third-order valence-electron chi connectivity index (χ3n) is 3.91. The highest BCUT2D eigenvalue weighted by Gasteiger charge is 2.24. The molecule has 3 aromatic heterocycles. The van der Waals surface area contributed by atoms with Crippen LogP contribution in [0.2, 0.25) is 0 Å². The molecule has 7 nitrogen and oxygen atoms in total. The van der Waals surface area contributed by atoms with Gasteiger partial charge in [-0.2, -0.15) is 5.10 Å². The molecule has 0 radical (unpaired) electrons. The van der Waals surface area contributed by atoms with Crippen molar-refractivity contribution in [3.63, 3.8) is 0 Å². The lowest BCUT2D eigenvalue weighted by molar-refractivity contribution is -0.0721. The Morgan fingerprint density at radius 1 is 1.17 bits per heavy atom. The SMILES string of the molecule is C[C@@H]1CN(Cc2nnc(-c3cc4ccccn4n3)o2)C[C@H](C)O1. The van der Waals surface area contributed by atoms with E-state index in [4.69, 9.17) is 9.15 Å². The fourth-order valence-corrected chi connectivity index (χ4v) is 3.07. The predicted molar refractivity (Wildman–Crippen MR) is 83.8 cm³/mol. The van der Waals surface area contributed by atoms with Crippen LogP contribution in [0.5, 0.6) is 0 Å². The van der Waals surface area contributed by atoms with Crippen molar-refractivity contribution in [2.45, 2.75) is 32.6 Å². The van der Waals surface area contributed by atoms with E-state index in [2.05, 4.69) is 34.0 Å². The van der Waals surface area contributed by atoms with Crippen molar-refractivity contribution in [2.75, 3.05) is 13.1 Å². The number of pyridine rings is 1. The zero-order valence-electron chi connectivity index (χ0n) is 13.2. The van der Waals surface area contributed by atoms with Crippen LogP contribution in [0.4, 0.5) is 0 Å². The molecule has 0 saturated carbocycles. The number of hydrogen-bond acceptors (Lipinski definition) is 6. The molecule has 3 aromatic rings. The second-order valence-corrected chi connectivity index (χ2v) is 6.05. The lowest BCUT2D eigenvalue weighted by Gasteiger charge is -2.34. The van der Waals surface area contributed by atoms with Gasteiger partial charge in [0, 0.05) is 19.3 Å². The topological polar surface area (TPSA) is 68.7 Å². The van der Waals surface area contributed by atoms with Crippen molar-refractivity contribution in [3.05, 3.63) is 36.4 Å². The maximum absolute atomic E-state index is 5.79. The van der Waals surface area contributed by atoms with Gasteiger partial charge in [-0.15, -0.1) is 10.2 Å². The largest absolute Gasteiger partial charge is 0.418 e. The number of rotatable bonds is 3. The Morgan fingerprint density at radius 2 is 2.00 bits per heavy atom. The minimum absolute atomic E-state index is 0.222. The summed E-state index contributed by atoms with van der Waals surface area (Å²) in [5.41, 5.74) is 1.69. The van der Waals surface area contributed by atoms with Crippen LogP contribution in [0.25, 0.3) is 17.1 Å². The smallest absolute Gasteiger partial charge is 0.268 e. The maximum atomic E-state index is 5.79. The third kappa shape index (κ3) is 2.97. The number of ether oxygens (including phenoxy) is 1. The van der Waals surface area contributed by atoms with Crippen molar-refractivity contribution in [1.29, 1.82) is 0 Å². The summed E-state index contributed by atoms with van der Waals surface area (Å²) in [6.45, 7) is 6.54. The molecular weight excluding hydrogens is 294 g/mol. The second-order valence-electron chi connectivity index (χ2n) is 6.05. The highest BCUT2D eigenvalue weighted by molar-refractivity contribution is 5.59. The monoisotopic (exact) mass is 313 g/mol. The van der Waals surface area contributed by atoms with Gasteiger partial charge < -0.3 is 9.15 Å². The number of fused-ring (bicyclic) bond motifs is 1. The van der Waals surface area contributed by atoms with E-state index in [0.29, 0.717) is 24.0 Å². The van der Waals surface area contributed by atoms with Crippen molar-refractivity contribution >= 4 is 5.52 Å². The first kappa shape index (κ1) is 14.3. The first-order chi connectivity index (χ1) is 11.2. The zero-order chi connectivity index (χ0) is 15.8. The molecule has 0 unspecified atom stereocenters. The summed E-state index contributed by atoms with van der Waals surface area (Å²) < 4.78 is 13.3. The van der Waals surface area contributed by atoms with E-state index in [0.717, 1.165) is 18.6 Å². The van der Waals surface area contributed by atoms with E-state index in [1.54, 1.807) is 4.52 Å². The fraction of sp³-hybridized carbons (Fsp3) is 0.438. The van der Waals surface area contributed by atoms with Gasteiger partial charge in [-0.05, 0) is 32.0 Å². The van der Waals surface area contributed by atoms with Gasteiger partial charge >= 0.3 is 0 Å². The van der Waals surface area contributed by atoms with Crippen LogP contribution in [0.1, 0.15) is 19.7 Å². The van der Waals surface area contributed by atoms with Gasteiger partial charge in [-0.1, -0.05) is 6.07 Å². The standard InChI is InChI=1S/C16H19N5O2/c1-11-8-20(9-12(2)22-11)10-15-17-18-16(23-15)14-7-13-5-3-4-6-21(13)19-14/h3-7,11-12H,8-10H2,1-2H3/t11-,12+. The molecule has 4 rings (SSSR count). The molecule has 0 spiro atoms. The van der Waals surface area contributed by atoms with E-state index < -0.39 is 0 Å². The highest BCUT2D eigenvalue weighted by atomic mass is 16.5. The van der Waals surface area contributed by atoms with Crippen LogP contribution in [-0.2, 0) is 11.3 Å². The van der Waals surface area contributed by atoms with Crippen LogP contribution in [0, 0.1) is 0 Å². The molecule has 0 aliphatic carbocycles. The van der Waals surface area contributed by atoms with Crippen LogP contribution in [0.3, 0.4) is 0 Å². The summed E-state index contributed by atoms with van der Waals surface area (Å²) >= 11 is 0. The van der Waals surface area contributed by atoms with Gasteiger partial charge in [0.05, 0.1) is 24.3 Å². The van der Waals surface area contributed by atoms with Crippen molar-refractivity contribution in [3.8, 4) is 11.6 Å². The first-order valence-corrected chi connectivity index (χ1v) is 7.82. The van der Waals surface area contributed by atoms with E-state index in [9.17, 15) is 0 Å². The summed E-state index contributed by atoms with van der Waals surface area (Å²) in [5, 5.41) is 12.7. The Kier molecular flexibility index (Phi) is 3.59. The minimum atomic E-state index is 0.222. The fourth-order valence-electron chi connectivity index (χ4n) is 3.07. The van der Waals surface area contributed by atoms with Crippen molar-refractivity contribution in [1.82, 2.24) is 24.7 Å².